The van der Waals surface area contributed by atoms with Crippen LogP contribution in [0.1, 0.15) is 202 Å². The molecule has 4 aliphatic carbocycles. The molecule has 5 aliphatic rings. The fourth-order valence-corrected chi connectivity index (χ4v) is 13.6. The first-order valence-corrected chi connectivity index (χ1v) is 28.3. The number of fused-ring (bicyclic) bond motifs is 5. The molecular formula is C57H104N4O7. The smallest absolute Gasteiger partial charge is 0.432 e. The summed E-state index contributed by atoms with van der Waals surface area (Å²) < 4.78 is 35.2. The molecule has 3 saturated carbocycles. The summed E-state index contributed by atoms with van der Waals surface area (Å²) in [4.78, 5) is 15.3. The molecule has 11 heteroatoms. The molecule has 0 bridgehead atoms. The Hall–Kier alpha value is -1.57. The van der Waals surface area contributed by atoms with Crippen LogP contribution in [-0.2, 0) is 28.4 Å². The zero-order valence-electron chi connectivity index (χ0n) is 44.6. The first kappa shape index (κ1) is 57.3. The second-order valence-corrected chi connectivity index (χ2v) is 23.2. The minimum absolute atomic E-state index is 0.0316. The predicted molar refractivity (Wildman–Crippen MR) is 278 cm³/mol. The Morgan fingerprint density at radius 3 is 2.16 bits per heavy atom. The maximum atomic E-state index is 12.9. The van der Waals surface area contributed by atoms with Crippen LogP contribution in [0.3, 0.4) is 0 Å². The van der Waals surface area contributed by atoms with Crippen LogP contribution in [0.2, 0.25) is 0 Å². The summed E-state index contributed by atoms with van der Waals surface area (Å²) in [5, 5.41) is 0. The molecule has 1 heterocycles. The standard InChI is InChI=1S/C57H104N4O7/c1-7-8-9-10-11-12-13-14-15-16-17-18-19-20-21-22-36-65-45-50(44-61-34-37-63-38-35-61)66-41-39-64-40-42-67-52(62)68-49-27-29-53(5)48(43-49)26-31-56(59)51(53)28-30-54(6)55(58,32-33-57(54,56)60)47(4)25-23-24-46(2)3/h14-15,26,46-47,49-51H,7-13,16-25,27-45,58-60H2,1-6H3. The molecule has 9 atom stereocenters. The Balaban J connectivity index is 0.940. The molecule has 0 spiro atoms. The number of hydrogen-bond acceptors (Lipinski definition) is 11. The lowest BCUT2D eigenvalue weighted by molar-refractivity contribution is -0.0983. The van der Waals surface area contributed by atoms with Crippen molar-refractivity contribution in [1.29, 1.82) is 0 Å². The van der Waals surface area contributed by atoms with Crippen molar-refractivity contribution in [3.8, 4) is 0 Å². The molecule has 0 radical (unpaired) electrons. The predicted octanol–water partition coefficient (Wildman–Crippen LogP) is 11.6. The summed E-state index contributed by atoms with van der Waals surface area (Å²) in [6.07, 6.45) is 35.0. The van der Waals surface area contributed by atoms with Crippen LogP contribution in [-0.4, -0.2) is 112 Å². The number of hydrogen-bond donors (Lipinski definition) is 3. The third-order valence-corrected chi connectivity index (χ3v) is 18.2. The fraction of sp³-hybridized carbons (Fsp3) is 0.912. The molecule has 0 amide bonds. The van der Waals surface area contributed by atoms with Crippen molar-refractivity contribution in [2.45, 2.75) is 231 Å². The van der Waals surface area contributed by atoms with Gasteiger partial charge in [0.2, 0.25) is 0 Å². The number of allylic oxidation sites excluding steroid dienone is 2. The van der Waals surface area contributed by atoms with Crippen molar-refractivity contribution in [2.24, 2.45) is 45.8 Å². The molecule has 9 unspecified atom stereocenters. The Labute approximate surface area is 415 Å². The van der Waals surface area contributed by atoms with E-state index >= 15 is 0 Å². The second-order valence-electron chi connectivity index (χ2n) is 23.2. The summed E-state index contributed by atoms with van der Waals surface area (Å²) in [5.74, 6) is 1.36. The number of morpholine rings is 1. The number of nitrogens with two attached hydrogens (primary N) is 3. The molecule has 68 heavy (non-hydrogen) atoms. The van der Waals surface area contributed by atoms with Crippen LogP contribution < -0.4 is 17.2 Å². The number of unbranched alkanes of at least 4 members (excludes halogenated alkanes) is 12. The van der Waals surface area contributed by atoms with Crippen LogP contribution in [0, 0.1) is 28.6 Å². The normalized spacial score (nSPS) is 31.6. The van der Waals surface area contributed by atoms with Crippen molar-refractivity contribution in [1.82, 2.24) is 4.90 Å². The van der Waals surface area contributed by atoms with E-state index in [2.05, 4.69) is 64.7 Å². The highest BCUT2D eigenvalue weighted by Gasteiger charge is 2.74. The highest BCUT2D eigenvalue weighted by Crippen LogP contribution is 2.69. The van der Waals surface area contributed by atoms with Crippen molar-refractivity contribution in [3.05, 3.63) is 23.8 Å². The van der Waals surface area contributed by atoms with Gasteiger partial charge in [-0.2, -0.15) is 0 Å². The Kier molecular flexibility index (Phi) is 24.1. The second kappa shape index (κ2) is 28.6. The first-order chi connectivity index (χ1) is 32.7. The lowest BCUT2D eigenvalue weighted by atomic mass is 9.40. The molecule has 0 aromatic rings. The van der Waals surface area contributed by atoms with Gasteiger partial charge in [-0.1, -0.05) is 136 Å². The maximum absolute atomic E-state index is 12.9. The fourth-order valence-electron chi connectivity index (χ4n) is 13.6. The SMILES string of the molecule is CCCCCCCCC=CCCCCCCCCOCC(CN1CCOCC1)OCCOCCOC(=O)OC1CCC2(C)C(=CCC3(N)C2CCC2(C)C(N)(C(C)CCCC(C)C)CCC32N)C1. The van der Waals surface area contributed by atoms with Crippen LogP contribution in [0.5, 0.6) is 0 Å². The summed E-state index contributed by atoms with van der Waals surface area (Å²) >= 11 is 0. The van der Waals surface area contributed by atoms with E-state index in [0.717, 1.165) is 97.2 Å². The molecule has 0 aromatic heterocycles. The number of nitrogens with zero attached hydrogens (tertiary/aromatic N) is 1. The summed E-state index contributed by atoms with van der Waals surface area (Å²) in [5.41, 5.74) is 22.6. The van der Waals surface area contributed by atoms with Gasteiger partial charge in [0.15, 0.2) is 0 Å². The topological polar surface area (TPSA) is 154 Å². The molecule has 11 nitrogen and oxygen atoms in total. The van der Waals surface area contributed by atoms with Gasteiger partial charge in [-0.15, -0.1) is 0 Å². The molecule has 1 saturated heterocycles. The highest BCUT2D eigenvalue weighted by atomic mass is 16.7. The highest BCUT2D eigenvalue weighted by molar-refractivity contribution is 5.60. The maximum Gasteiger partial charge on any atom is 0.508 e. The largest absolute Gasteiger partial charge is 0.508 e. The van der Waals surface area contributed by atoms with Crippen LogP contribution >= 0.6 is 0 Å². The average molecular weight is 957 g/mol. The lowest BCUT2D eigenvalue weighted by Crippen LogP contribution is -2.81. The lowest BCUT2D eigenvalue weighted by Gasteiger charge is -2.68. The Morgan fingerprint density at radius 2 is 1.46 bits per heavy atom. The van der Waals surface area contributed by atoms with Gasteiger partial charge < -0.3 is 45.6 Å². The van der Waals surface area contributed by atoms with E-state index in [1.54, 1.807) is 0 Å². The molecule has 6 N–H and O–H groups in total. The van der Waals surface area contributed by atoms with Gasteiger partial charge in [-0.3, -0.25) is 4.90 Å². The molecule has 394 valence electrons. The van der Waals surface area contributed by atoms with Crippen molar-refractivity contribution in [3.63, 3.8) is 0 Å². The van der Waals surface area contributed by atoms with Gasteiger partial charge in [0.25, 0.3) is 0 Å². The number of carbonyl (C=O) groups excluding carboxylic acids is 1. The van der Waals surface area contributed by atoms with Crippen molar-refractivity contribution in [2.75, 3.05) is 72.5 Å². The van der Waals surface area contributed by atoms with E-state index in [0.29, 0.717) is 38.1 Å². The molecule has 4 fully saturated rings. The van der Waals surface area contributed by atoms with Gasteiger partial charge in [-0.05, 0) is 107 Å². The molecule has 0 aromatic carbocycles. The van der Waals surface area contributed by atoms with E-state index < -0.39 is 17.2 Å². The Bertz CT molecular complexity index is 1510. The summed E-state index contributed by atoms with van der Waals surface area (Å²) in [7, 11) is 0. The zero-order valence-corrected chi connectivity index (χ0v) is 44.6. The van der Waals surface area contributed by atoms with E-state index in [9.17, 15) is 4.79 Å². The van der Waals surface area contributed by atoms with E-state index in [-0.39, 0.29) is 47.7 Å². The van der Waals surface area contributed by atoms with Crippen LogP contribution in [0.25, 0.3) is 0 Å². The minimum atomic E-state index is -0.630. The zero-order chi connectivity index (χ0) is 48.9. The van der Waals surface area contributed by atoms with Gasteiger partial charge in [0, 0.05) is 54.7 Å². The van der Waals surface area contributed by atoms with Crippen LogP contribution in [0.4, 0.5) is 4.79 Å². The van der Waals surface area contributed by atoms with E-state index in [4.69, 9.17) is 45.6 Å². The van der Waals surface area contributed by atoms with Gasteiger partial charge >= 0.3 is 6.16 Å². The third-order valence-electron chi connectivity index (χ3n) is 18.2. The summed E-state index contributed by atoms with van der Waals surface area (Å²) in [6, 6.07) is 0. The molecular weight excluding hydrogens is 853 g/mol. The van der Waals surface area contributed by atoms with Gasteiger partial charge in [0.05, 0.1) is 45.7 Å². The first-order valence-electron chi connectivity index (χ1n) is 28.3. The van der Waals surface area contributed by atoms with Crippen molar-refractivity contribution < 1.29 is 33.2 Å². The van der Waals surface area contributed by atoms with E-state index in [1.807, 2.05) is 0 Å². The van der Waals surface area contributed by atoms with E-state index in [1.165, 1.54) is 102 Å². The quantitative estimate of drug-likeness (QED) is 0.0327. The minimum Gasteiger partial charge on any atom is -0.432 e. The third kappa shape index (κ3) is 15.2. The number of rotatable bonds is 33. The van der Waals surface area contributed by atoms with Crippen molar-refractivity contribution >= 4 is 6.16 Å². The molecule has 1 aliphatic heterocycles. The number of carbonyl (C=O) groups is 1. The average Bonchev–Trinajstić information content (AvgIpc) is 3.54. The number of ether oxygens (including phenoxy) is 6. The Morgan fingerprint density at radius 1 is 0.779 bits per heavy atom. The summed E-state index contributed by atoms with van der Waals surface area (Å²) in [6.45, 7) is 20.8. The monoisotopic (exact) mass is 957 g/mol. The van der Waals surface area contributed by atoms with Crippen LogP contribution in [0.15, 0.2) is 23.8 Å². The molecule has 5 rings (SSSR count). The van der Waals surface area contributed by atoms with Gasteiger partial charge in [0.1, 0.15) is 12.7 Å². The van der Waals surface area contributed by atoms with Gasteiger partial charge in [-0.25, -0.2) is 4.79 Å².